The van der Waals surface area contributed by atoms with Crippen LogP contribution in [0.5, 0.6) is 0 Å². The zero-order valence-corrected chi connectivity index (χ0v) is 11.1. The van der Waals surface area contributed by atoms with Gasteiger partial charge in [0.1, 0.15) is 12.7 Å². The summed E-state index contributed by atoms with van der Waals surface area (Å²) in [6, 6.07) is 9.99. The van der Waals surface area contributed by atoms with Gasteiger partial charge in [-0.1, -0.05) is 30.3 Å². The van der Waals surface area contributed by atoms with E-state index in [1.807, 2.05) is 30.3 Å². The summed E-state index contributed by atoms with van der Waals surface area (Å²) in [4.78, 5) is 14.0. The first-order valence-corrected chi connectivity index (χ1v) is 6.87. The van der Waals surface area contributed by atoms with Gasteiger partial charge in [0.2, 0.25) is 0 Å². The van der Waals surface area contributed by atoms with E-state index >= 15 is 0 Å². The zero-order valence-electron chi connectivity index (χ0n) is 11.1. The fourth-order valence-corrected chi connectivity index (χ4v) is 2.59. The van der Waals surface area contributed by atoms with Crippen molar-refractivity contribution in [2.75, 3.05) is 6.54 Å². The Bertz CT molecular complexity index is 448. The normalized spacial score (nSPS) is 29.3. The monoisotopic (exact) mass is 261 g/mol. The summed E-state index contributed by atoms with van der Waals surface area (Å²) in [5.74, 6) is 0. The smallest absolute Gasteiger partial charge is 0.410 e. The average Bonchev–Trinajstić information content (AvgIpc) is 3.19. The number of benzene rings is 1. The Kier molecular flexibility index (Phi) is 3.42. The molecule has 0 saturated carbocycles. The molecule has 3 atom stereocenters. The minimum atomic E-state index is -0.229. The lowest BCUT2D eigenvalue weighted by Crippen LogP contribution is -2.40. The standard InChI is InChI=1S/C15H19NO3/c1-11-7-8-13-14(19-13)9-16(11)15(17)18-10-12-5-3-2-4-6-12/h2-6,11,13-14H,7-10H2,1H3/t11-,13-,14?/m1/s1. The topological polar surface area (TPSA) is 42.1 Å². The first-order valence-electron chi connectivity index (χ1n) is 6.87. The highest BCUT2D eigenvalue weighted by molar-refractivity contribution is 5.68. The van der Waals surface area contributed by atoms with Crippen LogP contribution in [0.4, 0.5) is 4.79 Å². The van der Waals surface area contributed by atoms with Crippen LogP contribution in [0.1, 0.15) is 25.3 Å². The Morgan fingerprint density at radius 1 is 1.32 bits per heavy atom. The predicted molar refractivity (Wildman–Crippen MR) is 70.7 cm³/mol. The summed E-state index contributed by atoms with van der Waals surface area (Å²) >= 11 is 0. The van der Waals surface area contributed by atoms with Crippen LogP contribution in [0.3, 0.4) is 0 Å². The molecule has 2 heterocycles. The number of hydrogen-bond acceptors (Lipinski definition) is 3. The van der Waals surface area contributed by atoms with Gasteiger partial charge >= 0.3 is 6.09 Å². The van der Waals surface area contributed by atoms with E-state index < -0.39 is 0 Å². The minimum absolute atomic E-state index is 0.229. The van der Waals surface area contributed by atoms with Crippen LogP contribution in [0.25, 0.3) is 0 Å². The summed E-state index contributed by atoms with van der Waals surface area (Å²) in [5.41, 5.74) is 1.01. The van der Waals surface area contributed by atoms with Crippen molar-refractivity contribution in [1.82, 2.24) is 4.90 Å². The van der Waals surface area contributed by atoms with Gasteiger partial charge in [-0.15, -0.1) is 0 Å². The van der Waals surface area contributed by atoms with Crippen molar-refractivity contribution in [3.63, 3.8) is 0 Å². The maximum atomic E-state index is 12.1. The van der Waals surface area contributed by atoms with Crippen molar-refractivity contribution >= 4 is 6.09 Å². The Balaban J connectivity index is 1.56. The average molecular weight is 261 g/mol. The van der Waals surface area contributed by atoms with E-state index in [-0.39, 0.29) is 18.2 Å². The van der Waals surface area contributed by atoms with Crippen molar-refractivity contribution in [2.45, 2.75) is 44.6 Å². The van der Waals surface area contributed by atoms with Crippen LogP contribution in [-0.2, 0) is 16.1 Å². The van der Waals surface area contributed by atoms with Crippen LogP contribution in [0.15, 0.2) is 30.3 Å². The molecule has 2 saturated heterocycles. The number of epoxide rings is 1. The fraction of sp³-hybridized carbons (Fsp3) is 0.533. The van der Waals surface area contributed by atoms with E-state index in [4.69, 9.17) is 9.47 Å². The van der Waals surface area contributed by atoms with Crippen molar-refractivity contribution < 1.29 is 14.3 Å². The van der Waals surface area contributed by atoms with E-state index in [2.05, 4.69) is 6.92 Å². The molecular weight excluding hydrogens is 242 g/mol. The van der Waals surface area contributed by atoms with Gasteiger partial charge in [0.15, 0.2) is 0 Å². The number of amides is 1. The highest BCUT2D eigenvalue weighted by Crippen LogP contribution is 2.32. The molecule has 1 unspecified atom stereocenters. The quantitative estimate of drug-likeness (QED) is 0.768. The predicted octanol–water partition coefficient (Wildman–Crippen LogP) is 2.57. The number of carbonyl (C=O) groups excluding carboxylic acids is 1. The molecule has 4 nitrogen and oxygen atoms in total. The lowest BCUT2D eigenvalue weighted by molar-refractivity contribution is 0.0774. The number of carbonyl (C=O) groups is 1. The van der Waals surface area contributed by atoms with Gasteiger partial charge in [0.25, 0.3) is 0 Å². The molecule has 0 spiro atoms. The van der Waals surface area contributed by atoms with Crippen LogP contribution >= 0.6 is 0 Å². The second-order valence-corrected chi connectivity index (χ2v) is 5.33. The molecule has 1 aromatic carbocycles. The first-order chi connectivity index (χ1) is 9.24. The summed E-state index contributed by atoms with van der Waals surface area (Å²) < 4.78 is 10.9. The van der Waals surface area contributed by atoms with E-state index in [1.54, 1.807) is 4.90 Å². The van der Waals surface area contributed by atoms with E-state index in [0.717, 1.165) is 18.4 Å². The first kappa shape index (κ1) is 12.5. The lowest BCUT2D eigenvalue weighted by Gasteiger charge is -2.26. The number of ether oxygens (including phenoxy) is 2. The number of rotatable bonds is 2. The molecule has 0 aromatic heterocycles. The number of nitrogens with zero attached hydrogens (tertiary/aromatic N) is 1. The molecule has 2 aliphatic heterocycles. The van der Waals surface area contributed by atoms with Crippen LogP contribution in [0, 0.1) is 0 Å². The SMILES string of the molecule is C[C@@H]1CC[C@H]2OC2CN1C(=O)OCc1ccccc1. The van der Waals surface area contributed by atoms with Gasteiger partial charge in [-0.3, -0.25) is 0 Å². The van der Waals surface area contributed by atoms with Crippen LogP contribution < -0.4 is 0 Å². The lowest BCUT2D eigenvalue weighted by atomic mass is 10.1. The molecule has 0 aliphatic carbocycles. The van der Waals surface area contributed by atoms with Gasteiger partial charge < -0.3 is 14.4 Å². The summed E-state index contributed by atoms with van der Waals surface area (Å²) in [6.45, 7) is 3.08. The largest absolute Gasteiger partial charge is 0.445 e. The number of likely N-dealkylation sites (tertiary alicyclic amines) is 1. The van der Waals surface area contributed by atoms with Crippen LogP contribution in [0.2, 0.25) is 0 Å². The molecule has 1 aromatic rings. The highest BCUT2D eigenvalue weighted by atomic mass is 16.6. The third-order valence-corrected chi connectivity index (χ3v) is 3.90. The molecule has 0 radical (unpaired) electrons. The molecule has 2 fully saturated rings. The second kappa shape index (κ2) is 5.21. The van der Waals surface area contributed by atoms with Crippen molar-refractivity contribution in [1.29, 1.82) is 0 Å². The van der Waals surface area contributed by atoms with Crippen molar-refractivity contribution in [3.8, 4) is 0 Å². The number of fused-ring (bicyclic) bond motifs is 1. The Morgan fingerprint density at radius 2 is 2.11 bits per heavy atom. The van der Waals surface area contributed by atoms with Crippen molar-refractivity contribution in [3.05, 3.63) is 35.9 Å². The van der Waals surface area contributed by atoms with Gasteiger partial charge in [0.05, 0.1) is 12.6 Å². The van der Waals surface area contributed by atoms with Gasteiger partial charge in [-0.2, -0.15) is 0 Å². The maximum absolute atomic E-state index is 12.1. The van der Waals surface area contributed by atoms with Gasteiger partial charge in [-0.25, -0.2) is 4.79 Å². The third-order valence-electron chi connectivity index (χ3n) is 3.90. The summed E-state index contributed by atoms with van der Waals surface area (Å²) in [6.07, 6.45) is 2.41. The molecule has 19 heavy (non-hydrogen) atoms. The number of hydrogen-bond donors (Lipinski definition) is 0. The summed E-state index contributed by atoms with van der Waals surface area (Å²) in [7, 11) is 0. The maximum Gasteiger partial charge on any atom is 0.410 e. The van der Waals surface area contributed by atoms with Gasteiger partial charge in [0, 0.05) is 6.04 Å². The Morgan fingerprint density at radius 3 is 2.89 bits per heavy atom. The Hall–Kier alpha value is -1.55. The molecule has 0 N–H and O–H groups in total. The molecule has 1 amide bonds. The van der Waals surface area contributed by atoms with E-state index in [1.165, 1.54) is 0 Å². The van der Waals surface area contributed by atoms with Crippen LogP contribution in [-0.4, -0.2) is 35.8 Å². The molecular formula is C15H19NO3. The molecule has 0 bridgehead atoms. The summed E-state index contributed by atoms with van der Waals surface area (Å²) in [5, 5.41) is 0. The molecule has 3 rings (SSSR count). The fourth-order valence-electron chi connectivity index (χ4n) is 2.59. The molecule has 102 valence electrons. The molecule has 2 aliphatic rings. The van der Waals surface area contributed by atoms with Crippen molar-refractivity contribution in [2.24, 2.45) is 0 Å². The zero-order chi connectivity index (χ0) is 13.2. The van der Waals surface area contributed by atoms with E-state index in [9.17, 15) is 4.79 Å². The third kappa shape index (κ3) is 2.89. The second-order valence-electron chi connectivity index (χ2n) is 5.33. The van der Waals surface area contributed by atoms with Gasteiger partial charge in [-0.05, 0) is 25.3 Å². The molecule has 4 heteroatoms. The minimum Gasteiger partial charge on any atom is -0.445 e. The highest BCUT2D eigenvalue weighted by Gasteiger charge is 2.44. The Labute approximate surface area is 113 Å². The van der Waals surface area contributed by atoms with E-state index in [0.29, 0.717) is 19.3 Å².